The van der Waals surface area contributed by atoms with Crippen LogP contribution in [0.25, 0.3) is 21.3 Å². The molecular formula is C18H12F2N4OS2. The zero-order valence-corrected chi connectivity index (χ0v) is 15.6. The minimum Gasteiger partial charge on any atom is -0.316 e. The third-order valence-corrected chi connectivity index (χ3v) is 5.72. The second-order valence-corrected chi connectivity index (χ2v) is 7.57. The lowest BCUT2D eigenvalue weighted by molar-refractivity contribution is 0.102. The van der Waals surface area contributed by atoms with Crippen LogP contribution in [0, 0.1) is 11.6 Å². The van der Waals surface area contributed by atoms with E-state index >= 15 is 0 Å². The number of benzene rings is 1. The van der Waals surface area contributed by atoms with Gasteiger partial charge in [-0.15, -0.1) is 22.7 Å². The first-order valence-electron chi connectivity index (χ1n) is 7.82. The number of hydrogen-bond acceptors (Lipinski definition) is 5. The predicted molar refractivity (Wildman–Crippen MR) is 102 cm³/mol. The summed E-state index contributed by atoms with van der Waals surface area (Å²) in [6.07, 6.45) is 1.71. The molecule has 1 aromatic carbocycles. The second-order valence-electron chi connectivity index (χ2n) is 5.59. The summed E-state index contributed by atoms with van der Waals surface area (Å²) in [5.41, 5.74) is 1.11. The summed E-state index contributed by atoms with van der Waals surface area (Å²) in [6.45, 7) is 0. The van der Waals surface area contributed by atoms with E-state index < -0.39 is 23.2 Å². The Morgan fingerprint density at radius 2 is 1.96 bits per heavy atom. The van der Waals surface area contributed by atoms with Gasteiger partial charge >= 0.3 is 0 Å². The molecule has 0 unspecified atom stereocenters. The molecule has 9 heteroatoms. The van der Waals surface area contributed by atoms with Gasteiger partial charge in [-0.05, 0) is 30.3 Å². The van der Waals surface area contributed by atoms with E-state index in [4.69, 9.17) is 0 Å². The van der Waals surface area contributed by atoms with Crippen LogP contribution in [-0.4, -0.2) is 20.7 Å². The van der Waals surface area contributed by atoms with E-state index in [1.807, 2.05) is 11.4 Å². The fourth-order valence-electron chi connectivity index (χ4n) is 2.54. The second kappa shape index (κ2) is 7.01. The lowest BCUT2D eigenvalue weighted by Gasteiger charge is -2.05. The van der Waals surface area contributed by atoms with Gasteiger partial charge < -0.3 is 5.32 Å². The molecule has 0 aliphatic heterocycles. The van der Waals surface area contributed by atoms with E-state index in [9.17, 15) is 13.6 Å². The highest BCUT2D eigenvalue weighted by molar-refractivity contribution is 7.17. The Balaban J connectivity index is 1.60. The Hall–Kier alpha value is -2.91. The maximum atomic E-state index is 13.7. The molecule has 1 N–H and O–H groups in total. The van der Waals surface area contributed by atoms with E-state index in [0.29, 0.717) is 4.88 Å². The summed E-state index contributed by atoms with van der Waals surface area (Å²) < 4.78 is 29.1. The van der Waals surface area contributed by atoms with Crippen LogP contribution < -0.4 is 5.32 Å². The molecule has 0 aliphatic carbocycles. The molecule has 0 radical (unpaired) electrons. The smallest absolute Gasteiger partial charge is 0.265 e. The van der Waals surface area contributed by atoms with Crippen LogP contribution in [0.3, 0.4) is 0 Å². The van der Waals surface area contributed by atoms with E-state index in [-0.39, 0.29) is 0 Å². The van der Waals surface area contributed by atoms with E-state index in [1.165, 1.54) is 28.7 Å². The first kappa shape index (κ1) is 17.5. The van der Waals surface area contributed by atoms with Gasteiger partial charge in [0.1, 0.15) is 28.0 Å². The van der Waals surface area contributed by atoms with Crippen LogP contribution in [0.2, 0.25) is 0 Å². The van der Waals surface area contributed by atoms with Gasteiger partial charge in [-0.25, -0.2) is 13.8 Å². The summed E-state index contributed by atoms with van der Waals surface area (Å²) in [4.78, 5) is 17.8. The van der Waals surface area contributed by atoms with Gasteiger partial charge in [0.05, 0.1) is 15.4 Å². The number of nitrogens with one attached hydrogen (secondary N) is 1. The minimum atomic E-state index is -0.820. The molecule has 0 aliphatic rings. The van der Waals surface area contributed by atoms with Gasteiger partial charge in [0.25, 0.3) is 5.91 Å². The van der Waals surface area contributed by atoms with Crippen molar-refractivity contribution >= 4 is 34.3 Å². The number of thiazole rings is 1. The summed E-state index contributed by atoms with van der Waals surface area (Å²) in [5, 5.41) is 9.42. The molecule has 27 heavy (non-hydrogen) atoms. The summed E-state index contributed by atoms with van der Waals surface area (Å²) in [6, 6.07) is 8.71. The van der Waals surface area contributed by atoms with Crippen LogP contribution in [0.5, 0.6) is 0 Å². The van der Waals surface area contributed by atoms with Crippen molar-refractivity contribution in [1.82, 2.24) is 14.8 Å². The van der Waals surface area contributed by atoms with Crippen LogP contribution >= 0.6 is 22.7 Å². The lowest BCUT2D eigenvalue weighted by atomic mass is 10.2. The highest BCUT2D eigenvalue weighted by Crippen LogP contribution is 2.32. The van der Waals surface area contributed by atoms with Crippen molar-refractivity contribution in [3.05, 3.63) is 64.5 Å². The van der Waals surface area contributed by atoms with Gasteiger partial charge in [0.2, 0.25) is 0 Å². The number of hydrogen-bond donors (Lipinski definition) is 1. The normalized spacial score (nSPS) is 10.9. The topological polar surface area (TPSA) is 59.8 Å². The molecule has 4 rings (SSSR count). The number of carbonyl (C=O) groups is 1. The Kier molecular flexibility index (Phi) is 4.54. The molecule has 0 atom stereocenters. The zero-order valence-electron chi connectivity index (χ0n) is 13.9. The van der Waals surface area contributed by atoms with Crippen molar-refractivity contribution < 1.29 is 13.6 Å². The zero-order chi connectivity index (χ0) is 19.0. The van der Waals surface area contributed by atoms with Gasteiger partial charge in [0, 0.05) is 18.6 Å². The molecule has 3 aromatic heterocycles. The third kappa shape index (κ3) is 3.38. The van der Waals surface area contributed by atoms with Crippen molar-refractivity contribution in [2.24, 2.45) is 7.05 Å². The highest BCUT2D eigenvalue weighted by atomic mass is 32.1. The van der Waals surface area contributed by atoms with Gasteiger partial charge in [-0.2, -0.15) is 5.10 Å². The Bertz CT molecular complexity index is 1100. The molecule has 5 nitrogen and oxygen atoms in total. The number of aromatic nitrogens is 3. The number of aryl methyl sites for hydroxylation is 1. The Labute approximate surface area is 160 Å². The van der Waals surface area contributed by atoms with Crippen LogP contribution in [0.15, 0.2) is 48.0 Å². The number of rotatable bonds is 4. The van der Waals surface area contributed by atoms with Crippen LogP contribution in [0.1, 0.15) is 9.67 Å². The molecule has 0 fully saturated rings. The summed E-state index contributed by atoms with van der Waals surface area (Å²) >= 11 is 2.70. The monoisotopic (exact) mass is 402 g/mol. The van der Waals surface area contributed by atoms with Gasteiger partial charge in [-0.1, -0.05) is 6.07 Å². The molecule has 0 spiro atoms. The van der Waals surface area contributed by atoms with Crippen molar-refractivity contribution in [1.29, 1.82) is 0 Å². The number of amides is 1. The van der Waals surface area contributed by atoms with Crippen molar-refractivity contribution in [3.63, 3.8) is 0 Å². The standard InChI is InChI=1S/C18H12F2N4OS2/c1-24-13(9-12(23-24)18-21-7-8-26-18)14-5-6-15(27-14)17(25)22-16-10(19)3-2-4-11(16)20/h2-9H,1H3,(H,22,25). The summed E-state index contributed by atoms with van der Waals surface area (Å²) in [7, 11) is 1.81. The number of halogens is 2. The SMILES string of the molecule is Cn1nc(-c2nccs2)cc1-c1ccc(C(=O)Nc2c(F)cccc2F)s1. The molecule has 0 saturated heterocycles. The van der Waals surface area contributed by atoms with E-state index in [0.717, 1.165) is 33.4 Å². The maximum Gasteiger partial charge on any atom is 0.265 e. The number of thiophene rings is 1. The Morgan fingerprint density at radius 3 is 2.67 bits per heavy atom. The molecule has 3 heterocycles. The number of carbonyl (C=O) groups excluding carboxylic acids is 1. The maximum absolute atomic E-state index is 13.7. The average molecular weight is 402 g/mol. The van der Waals surface area contributed by atoms with Crippen LogP contribution in [0.4, 0.5) is 14.5 Å². The minimum absolute atomic E-state index is 0.338. The van der Waals surface area contributed by atoms with Gasteiger partial charge in [-0.3, -0.25) is 9.48 Å². The van der Waals surface area contributed by atoms with Crippen molar-refractivity contribution in [2.75, 3.05) is 5.32 Å². The van der Waals surface area contributed by atoms with E-state index in [1.54, 1.807) is 30.1 Å². The van der Waals surface area contributed by atoms with Crippen molar-refractivity contribution in [3.8, 4) is 21.3 Å². The molecule has 0 bridgehead atoms. The van der Waals surface area contributed by atoms with Crippen LogP contribution in [-0.2, 0) is 7.05 Å². The van der Waals surface area contributed by atoms with Gasteiger partial charge in [0.15, 0.2) is 0 Å². The first-order chi connectivity index (χ1) is 13.0. The summed E-state index contributed by atoms with van der Waals surface area (Å²) in [5.74, 6) is -2.21. The first-order valence-corrected chi connectivity index (χ1v) is 9.52. The molecule has 0 saturated carbocycles. The fourth-order valence-corrected chi connectivity index (χ4v) is 4.08. The quantitative estimate of drug-likeness (QED) is 0.533. The number of nitrogens with zero attached hydrogens (tertiary/aromatic N) is 3. The molecular weight excluding hydrogens is 390 g/mol. The number of anilines is 1. The molecule has 136 valence electrons. The molecule has 1 amide bonds. The lowest BCUT2D eigenvalue weighted by Crippen LogP contribution is -2.12. The fraction of sp³-hybridized carbons (Fsp3) is 0.0556. The molecule has 4 aromatic rings. The third-order valence-electron chi connectivity index (χ3n) is 3.81. The average Bonchev–Trinajstić information content (AvgIpc) is 3.37. The predicted octanol–water partition coefficient (Wildman–Crippen LogP) is 4.80. The number of para-hydroxylation sites is 1. The largest absolute Gasteiger partial charge is 0.316 e. The van der Waals surface area contributed by atoms with E-state index in [2.05, 4.69) is 15.4 Å². The van der Waals surface area contributed by atoms with Crippen molar-refractivity contribution in [2.45, 2.75) is 0 Å². The Morgan fingerprint density at radius 1 is 1.19 bits per heavy atom. The highest BCUT2D eigenvalue weighted by Gasteiger charge is 2.17.